The van der Waals surface area contributed by atoms with Crippen LogP contribution in [-0.2, 0) is 13.5 Å². The summed E-state index contributed by atoms with van der Waals surface area (Å²) < 4.78 is 1.48. The van der Waals surface area contributed by atoms with Crippen LogP contribution in [-0.4, -0.2) is 36.3 Å². The van der Waals surface area contributed by atoms with Crippen molar-refractivity contribution in [2.24, 2.45) is 7.05 Å². The number of hydrogen-bond acceptors (Lipinski definition) is 6. The molecular formula is C10H16N8O. The lowest BCUT2D eigenvalue weighted by Gasteiger charge is -2.10. The first-order valence-corrected chi connectivity index (χ1v) is 5.90. The molecule has 0 fully saturated rings. The maximum atomic E-state index is 12.2. The van der Waals surface area contributed by atoms with Crippen LogP contribution in [0.15, 0.2) is 0 Å². The number of tetrazole rings is 1. The molecule has 2 aromatic heterocycles. The van der Waals surface area contributed by atoms with E-state index in [1.54, 1.807) is 14.0 Å². The van der Waals surface area contributed by atoms with Gasteiger partial charge in [0.15, 0.2) is 5.82 Å². The molecule has 0 aliphatic carbocycles. The summed E-state index contributed by atoms with van der Waals surface area (Å²) in [6.07, 6.45) is 0.674. The molecule has 1 atom stereocenters. The Kier molecular flexibility index (Phi) is 3.45. The number of nitrogens with two attached hydrogens (primary N) is 1. The van der Waals surface area contributed by atoms with Crippen LogP contribution >= 0.6 is 0 Å². The third-order valence-corrected chi connectivity index (χ3v) is 2.81. The highest BCUT2D eigenvalue weighted by Crippen LogP contribution is 2.17. The predicted molar refractivity (Wildman–Crippen MR) is 67.1 cm³/mol. The van der Waals surface area contributed by atoms with E-state index in [2.05, 4.69) is 31.0 Å². The van der Waals surface area contributed by atoms with Gasteiger partial charge >= 0.3 is 0 Å². The van der Waals surface area contributed by atoms with Crippen LogP contribution in [0.5, 0.6) is 0 Å². The van der Waals surface area contributed by atoms with E-state index < -0.39 is 0 Å². The van der Waals surface area contributed by atoms with Gasteiger partial charge in [0.05, 0.1) is 17.4 Å². The summed E-state index contributed by atoms with van der Waals surface area (Å²) in [7, 11) is 1.68. The van der Waals surface area contributed by atoms with Crippen molar-refractivity contribution in [1.82, 2.24) is 35.7 Å². The number of aryl methyl sites for hydroxylation is 2. The summed E-state index contributed by atoms with van der Waals surface area (Å²) in [5.74, 6) is 0.0919. The second kappa shape index (κ2) is 5.04. The molecular weight excluding hydrogens is 248 g/mol. The lowest BCUT2D eigenvalue weighted by molar-refractivity contribution is 0.0929. The average Bonchev–Trinajstić information content (AvgIpc) is 2.97. The Morgan fingerprint density at radius 2 is 2.32 bits per heavy atom. The van der Waals surface area contributed by atoms with E-state index in [1.165, 1.54) is 4.68 Å². The zero-order valence-electron chi connectivity index (χ0n) is 11.0. The molecule has 2 rings (SSSR count). The van der Waals surface area contributed by atoms with Gasteiger partial charge < -0.3 is 11.1 Å². The molecule has 0 aromatic carbocycles. The molecule has 0 radical (unpaired) electrons. The number of rotatable bonds is 4. The highest BCUT2D eigenvalue weighted by atomic mass is 16.2. The van der Waals surface area contributed by atoms with E-state index in [-0.39, 0.29) is 11.9 Å². The van der Waals surface area contributed by atoms with Crippen molar-refractivity contribution in [2.45, 2.75) is 26.3 Å². The first-order valence-electron chi connectivity index (χ1n) is 5.90. The lowest BCUT2D eigenvalue weighted by Crippen LogP contribution is -2.29. The van der Waals surface area contributed by atoms with Crippen LogP contribution in [0.25, 0.3) is 0 Å². The summed E-state index contributed by atoms with van der Waals surface area (Å²) in [6.45, 7) is 3.69. The normalized spacial score (nSPS) is 12.4. The zero-order chi connectivity index (χ0) is 14.0. The van der Waals surface area contributed by atoms with E-state index in [1.807, 2.05) is 6.92 Å². The molecule has 9 nitrogen and oxygen atoms in total. The standard InChI is InChI=1S/C10H16N8O/c1-4-6-7(11)8(18(3)15-6)10(19)12-5(2)9-13-16-17-14-9/h5H,4,11H2,1-3H3,(H,12,19)(H,13,14,16,17). The Morgan fingerprint density at radius 1 is 1.58 bits per heavy atom. The second-order valence-electron chi connectivity index (χ2n) is 4.15. The van der Waals surface area contributed by atoms with Gasteiger partial charge in [0.2, 0.25) is 0 Å². The Morgan fingerprint density at radius 3 is 2.84 bits per heavy atom. The van der Waals surface area contributed by atoms with Gasteiger partial charge in [-0.25, -0.2) is 0 Å². The molecule has 0 saturated heterocycles. The summed E-state index contributed by atoms with van der Waals surface area (Å²) in [5, 5.41) is 20.4. The third-order valence-electron chi connectivity index (χ3n) is 2.81. The number of aromatic amines is 1. The van der Waals surface area contributed by atoms with Crippen LogP contribution < -0.4 is 11.1 Å². The van der Waals surface area contributed by atoms with Gasteiger partial charge in [-0.15, -0.1) is 10.2 Å². The van der Waals surface area contributed by atoms with Gasteiger partial charge in [-0.1, -0.05) is 12.1 Å². The monoisotopic (exact) mass is 264 g/mol. The van der Waals surface area contributed by atoms with Gasteiger partial charge in [0.25, 0.3) is 5.91 Å². The van der Waals surface area contributed by atoms with E-state index in [0.717, 1.165) is 0 Å². The molecule has 1 unspecified atom stereocenters. The number of H-pyrrole nitrogens is 1. The topological polar surface area (TPSA) is 127 Å². The van der Waals surface area contributed by atoms with Crippen molar-refractivity contribution < 1.29 is 4.79 Å². The summed E-state index contributed by atoms with van der Waals surface area (Å²) in [4.78, 5) is 12.2. The number of carbonyl (C=O) groups excluding carboxylic acids is 1. The molecule has 4 N–H and O–H groups in total. The zero-order valence-corrected chi connectivity index (χ0v) is 11.0. The number of nitrogens with zero attached hydrogens (tertiary/aromatic N) is 5. The Bertz CT molecular complexity index is 573. The maximum absolute atomic E-state index is 12.2. The van der Waals surface area contributed by atoms with Crippen LogP contribution in [0, 0.1) is 0 Å². The molecule has 1 amide bonds. The Labute approximate surface area is 109 Å². The molecule has 0 spiro atoms. The summed E-state index contributed by atoms with van der Waals surface area (Å²) in [5.41, 5.74) is 7.37. The quantitative estimate of drug-likeness (QED) is 0.687. The minimum Gasteiger partial charge on any atom is -0.395 e. The minimum absolute atomic E-state index is 0.315. The van der Waals surface area contributed by atoms with Crippen molar-refractivity contribution in [2.75, 3.05) is 5.73 Å². The number of nitrogen functional groups attached to an aromatic ring is 1. The van der Waals surface area contributed by atoms with Crippen molar-refractivity contribution in [1.29, 1.82) is 0 Å². The van der Waals surface area contributed by atoms with Crippen molar-refractivity contribution >= 4 is 11.6 Å². The highest BCUT2D eigenvalue weighted by Gasteiger charge is 2.22. The van der Waals surface area contributed by atoms with E-state index in [9.17, 15) is 4.79 Å². The number of hydrogen-bond donors (Lipinski definition) is 3. The first kappa shape index (κ1) is 13.0. The first-order chi connectivity index (χ1) is 9.04. The predicted octanol–water partition coefficient (Wildman–Crippen LogP) is -0.431. The fourth-order valence-corrected chi connectivity index (χ4v) is 1.81. The number of anilines is 1. The second-order valence-corrected chi connectivity index (χ2v) is 4.15. The SMILES string of the molecule is CCc1nn(C)c(C(=O)NC(C)c2nn[nH]n2)c1N. The molecule has 2 heterocycles. The fourth-order valence-electron chi connectivity index (χ4n) is 1.81. The maximum Gasteiger partial charge on any atom is 0.272 e. The van der Waals surface area contributed by atoms with Crippen molar-refractivity contribution in [3.63, 3.8) is 0 Å². The van der Waals surface area contributed by atoms with E-state index in [4.69, 9.17) is 5.73 Å². The molecule has 0 saturated carbocycles. The summed E-state index contributed by atoms with van der Waals surface area (Å²) in [6, 6.07) is -0.370. The summed E-state index contributed by atoms with van der Waals surface area (Å²) >= 11 is 0. The molecule has 19 heavy (non-hydrogen) atoms. The fraction of sp³-hybridized carbons (Fsp3) is 0.500. The average molecular weight is 264 g/mol. The molecule has 102 valence electrons. The largest absolute Gasteiger partial charge is 0.395 e. The van der Waals surface area contributed by atoms with Crippen LogP contribution in [0.1, 0.15) is 41.9 Å². The number of nitrogens with one attached hydrogen (secondary N) is 2. The Balaban J connectivity index is 2.19. The number of aromatic nitrogens is 6. The molecule has 0 aliphatic rings. The minimum atomic E-state index is -0.370. The molecule has 0 bridgehead atoms. The number of amides is 1. The molecule has 0 aliphatic heterocycles. The van der Waals surface area contributed by atoms with Gasteiger partial charge in [0.1, 0.15) is 5.69 Å². The van der Waals surface area contributed by atoms with Gasteiger partial charge in [-0.3, -0.25) is 9.48 Å². The van der Waals surface area contributed by atoms with Crippen molar-refractivity contribution in [3.05, 3.63) is 17.2 Å². The van der Waals surface area contributed by atoms with E-state index in [0.29, 0.717) is 29.3 Å². The lowest BCUT2D eigenvalue weighted by atomic mass is 10.2. The Hall–Kier alpha value is -2.45. The van der Waals surface area contributed by atoms with Gasteiger partial charge in [-0.05, 0) is 13.3 Å². The van der Waals surface area contributed by atoms with E-state index >= 15 is 0 Å². The third kappa shape index (κ3) is 2.39. The molecule has 9 heteroatoms. The highest BCUT2D eigenvalue weighted by molar-refractivity contribution is 5.98. The van der Waals surface area contributed by atoms with Crippen LogP contribution in [0.3, 0.4) is 0 Å². The smallest absolute Gasteiger partial charge is 0.272 e. The number of carbonyl (C=O) groups is 1. The van der Waals surface area contributed by atoms with Crippen molar-refractivity contribution in [3.8, 4) is 0 Å². The van der Waals surface area contributed by atoms with Gasteiger partial charge in [0, 0.05) is 7.05 Å². The van der Waals surface area contributed by atoms with Crippen LogP contribution in [0.4, 0.5) is 5.69 Å². The van der Waals surface area contributed by atoms with Crippen LogP contribution in [0.2, 0.25) is 0 Å². The molecule has 2 aromatic rings. The van der Waals surface area contributed by atoms with Gasteiger partial charge in [-0.2, -0.15) is 10.3 Å².